The molecule has 1 amide bonds. The first kappa shape index (κ1) is 13.5. The number of hydrogen-bond acceptors (Lipinski definition) is 4. The van der Waals surface area contributed by atoms with Crippen LogP contribution in [-0.4, -0.2) is 34.8 Å². The maximum absolute atomic E-state index is 11.8. The van der Waals surface area contributed by atoms with Crippen LogP contribution in [0.3, 0.4) is 0 Å². The van der Waals surface area contributed by atoms with E-state index < -0.39 is 0 Å². The van der Waals surface area contributed by atoms with Gasteiger partial charge >= 0.3 is 0 Å². The lowest BCUT2D eigenvalue weighted by Crippen LogP contribution is -2.22. The number of carbonyl (C=O) groups is 1. The Morgan fingerprint density at radius 2 is 2.35 bits per heavy atom. The van der Waals surface area contributed by atoms with Gasteiger partial charge in [-0.3, -0.25) is 9.79 Å². The van der Waals surface area contributed by atoms with Crippen LogP contribution < -0.4 is 5.32 Å². The SMILES string of the molecule is CC(C)C(=O)Nc1cccc([C@H]2CN3CCSC3=N2)c1. The van der Waals surface area contributed by atoms with E-state index in [4.69, 9.17) is 4.99 Å². The van der Waals surface area contributed by atoms with E-state index in [1.165, 1.54) is 10.7 Å². The molecule has 1 atom stereocenters. The Hall–Kier alpha value is -1.49. The molecule has 3 rings (SSSR count). The van der Waals surface area contributed by atoms with Crippen molar-refractivity contribution in [1.29, 1.82) is 0 Å². The Kier molecular flexibility index (Phi) is 3.70. The van der Waals surface area contributed by atoms with Crippen molar-refractivity contribution in [3.8, 4) is 0 Å². The van der Waals surface area contributed by atoms with Crippen LogP contribution in [0.15, 0.2) is 29.3 Å². The van der Waals surface area contributed by atoms with Crippen LogP contribution in [0.4, 0.5) is 5.69 Å². The number of aliphatic imine (C=N–C) groups is 1. The second-order valence-corrected chi connectivity index (χ2v) is 6.55. The van der Waals surface area contributed by atoms with Gasteiger partial charge in [-0.1, -0.05) is 37.7 Å². The molecule has 1 saturated heterocycles. The lowest BCUT2D eigenvalue weighted by molar-refractivity contribution is -0.118. The summed E-state index contributed by atoms with van der Waals surface area (Å²) >= 11 is 1.84. The number of fused-ring (bicyclic) bond motifs is 1. The number of nitrogens with one attached hydrogen (secondary N) is 1. The van der Waals surface area contributed by atoms with Crippen LogP contribution >= 0.6 is 11.8 Å². The predicted octanol–water partition coefficient (Wildman–Crippen LogP) is 2.74. The zero-order valence-corrected chi connectivity index (χ0v) is 12.6. The summed E-state index contributed by atoms with van der Waals surface area (Å²) in [5, 5.41) is 4.12. The summed E-state index contributed by atoms with van der Waals surface area (Å²) in [5.41, 5.74) is 2.04. The molecule has 1 aromatic rings. The molecular weight excluding hydrogens is 270 g/mol. The quantitative estimate of drug-likeness (QED) is 0.930. The number of nitrogens with zero attached hydrogens (tertiary/aromatic N) is 2. The molecule has 20 heavy (non-hydrogen) atoms. The standard InChI is InChI=1S/C15H19N3OS/c1-10(2)14(19)16-12-5-3-4-11(8-12)13-9-18-6-7-20-15(18)17-13/h3-5,8,10,13H,6-7,9H2,1-2H3,(H,16,19)/t13-/m1/s1. The fourth-order valence-corrected chi connectivity index (χ4v) is 3.44. The van der Waals surface area contributed by atoms with Crippen LogP contribution in [-0.2, 0) is 4.79 Å². The van der Waals surface area contributed by atoms with Crippen LogP contribution in [0.2, 0.25) is 0 Å². The number of thioether (sulfide) groups is 1. The third-order valence-electron chi connectivity index (χ3n) is 3.59. The van der Waals surface area contributed by atoms with E-state index in [9.17, 15) is 4.79 Å². The molecule has 1 fully saturated rings. The monoisotopic (exact) mass is 289 g/mol. The van der Waals surface area contributed by atoms with Gasteiger partial charge in [0.2, 0.25) is 5.91 Å². The van der Waals surface area contributed by atoms with Crippen molar-refractivity contribution in [1.82, 2.24) is 4.90 Å². The van der Waals surface area contributed by atoms with E-state index in [-0.39, 0.29) is 17.9 Å². The number of rotatable bonds is 3. The summed E-state index contributed by atoms with van der Waals surface area (Å²) in [6, 6.07) is 8.26. The van der Waals surface area contributed by atoms with Gasteiger partial charge in [0, 0.05) is 30.4 Å². The highest BCUT2D eigenvalue weighted by Crippen LogP contribution is 2.32. The minimum Gasteiger partial charge on any atom is -0.348 e. The van der Waals surface area contributed by atoms with Gasteiger partial charge in [0.15, 0.2) is 5.17 Å². The molecule has 0 spiro atoms. The molecule has 0 bridgehead atoms. The fourth-order valence-electron chi connectivity index (χ4n) is 2.40. The van der Waals surface area contributed by atoms with E-state index in [2.05, 4.69) is 16.3 Å². The molecule has 5 heteroatoms. The second-order valence-electron chi connectivity index (χ2n) is 5.49. The summed E-state index contributed by atoms with van der Waals surface area (Å²) in [6.07, 6.45) is 0. The molecule has 1 aromatic carbocycles. The summed E-state index contributed by atoms with van der Waals surface area (Å²) in [5.74, 6) is 1.19. The maximum Gasteiger partial charge on any atom is 0.226 e. The molecular formula is C15H19N3OS. The molecule has 2 aliphatic heterocycles. The van der Waals surface area contributed by atoms with E-state index in [0.29, 0.717) is 0 Å². The van der Waals surface area contributed by atoms with Crippen LogP contribution in [0.5, 0.6) is 0 Å². The van der Waals surface area contributed by atoms with Crippen molar-refractivity contribution >= 4 is 28.5 Å². The third kappa shape index (κ3) is 2.68. The molecule has 1 N–H and O–H groups in total. The second kappa shape index (κ2) is 5.48. The number of amides is 1. The Balaban J connectivity index is 1.75. The first-order valence-electron chi connectivity index (χ1n) is 7.00. The van der Waals surface area contributed by atoms with E-state index >= 15 is 0 Å². The zero-order chi connectivity index (χ0) is 14.1. The highest BCUT2D eigenvalue weighted by atomic mass is 32.2. The van der Waals surface area contributed by atoms with Gasteiger partial charge in [-0.25, -0.2) is 0 Å². The van der Waals surface area contributed by atoms with Crippen molar-refractivity contribution < 1.29 is 4.79 Å². The largest absolute Gasteiger partial charge is 0.348 e. The van der Waals surface area contributed by atoms with Gasteiger partial charge in [-0.2, -0.15) is 0 Å². The summed E-state index contributed by atoms with van der Waals surface area (Å²) < 4.78 is 0. The summed E-state index contributed by atoms with van der Waals surface area (Å²) in [6.45, 7) is 5.86. The fraction of sp³-hybridized carbons (Fsp3) is 0.467. The van der Waals surface area contributed by atoms with Crippen molar-refractivity contribution in [2.24, 2.45) is 10.9 Å². The van der Waals surface area contributed by atoms with Crippen LogP contribution in [0.25, 0.3) is 0 Å². The molecule has 106 valence electrons. The molecule has 0 aromatic heterocycles. The van der Waals surface area contributed by atoms with Gasteiger partial charge in [0.1, 0.15) is 0 Å². The molecule has 2 aliphatic rings. The predicted molar refractivity (Wildman–Crippen MR) is 84.1 cm³/mol. The highest BCUT2D eigenvalue weighted by molar-refractivity contribution is 8.14. The van der Waals surface area contributed by atoms with Crippen LogP contribution in [0, 0.1) is 5.92 Å². The molecule has 4 nitrogen and oxygen atoms in total. The average Bonchev–Trinajstić information content (AvgIpc) is 2.99. The van der Waals surface area contributed by atoms with Gasteiger partial charge in [0.25, 0.3) is 0 Å². The normalized spacial score (nSPS) is 21.1. The van der Waals surface area contributed by atoms with Crippen molar-refractivity contribution in [2.75, 3.05) is 24.2 Å². The van der Waals surface area contributed by atoms with Gasteiger partial charge in [0.05, 0.1) is 6.04 Å². The van der Waals surface area contributed by atoms with Crippen molar-refractivity contribution in [3.05, 3.63) is 29.8 Å². The Morgan fingerprint density at radius 3 is 3.10 bits per heavy atom. The first-order chi connectivity index (χ1) is 9.63. The molecule has 2 heterocycles. The topological polar surface area (TPSA) is 44.7 Å². The maximum atomic E-state index is 11.8. The molecule has 0 radical (unpaired) electrons. The van der Waals surface area contributed by atoms with E-state index in [1.54, 1.807) is 0 Å². The number of hydrogen-bond donors (Lipinski definition) is 1. The van der Waals surface area contributed by atoms with Crippen molar-refractivity contribution in [3.63, 3.8) is 0 Å². The molecule has 0 saturated carbocycles. The number of benzene rings is 1. The third-order valence-corrected chi connectivity index (χ3v) is 4.59. The average molecular weight is 289 g/mol. The lowest BCUT2D eigenvalue weighted by Gasteiger charge is -2.14. The smallest absolute Gasteiger partial charge is 0.226 e. The first-order valence-corrected chi connectivity index (χ1v) is 7.98. The van der Waals surface area contributed by atoms with Gasteiger partial charge < -0.3 is 10.2 Å². The zero-order valence-electron chi connectivity index (χ0n) is 11.8. The lowest BCUT2D eigenvalue weighted by atomic mass is 10.1. The Morgan fingerprint density at radius 1 is 1.50 bits per heavy atom. The minimum absolute atomic E-state index is 0.00718. The number of anilines is 1. The highest BCUT2D eigenvalue weighted by Gasteiger charge is 2.30. The number of carbonyl (C=O) groups excluding carboxylic acids is 1. The number of amidine groups is 1. The Bertz CT molecular complexity index is 556. The van der Waals surface area contributed by atoms with E-state index in [1.807, 2.05) is 43.8 Å². The van der Waals surface area contributed by atoms with Crippen LogP contribution in [0.1, 0.15) is 25.5 Å². The summed E-state index contributed by atoms with van der Waals surface area (Å²) in [7, 11) is 0. The molecule has 0 aliphatic carbocycles. The Labute approximate surface area is 123 Å². The molecule has 0 unspecified atom stereocenters. The minimum atomic E-state index is -0.00718. The van der Waals surface area contributed by atoms with Gasteiger partial charge in [-0.05, 0) is 17.7 Å². The van der Waals surface area contributed by atoms with Crippen molar-refractivity contribution in [2.45, 2.75) is 19.9 Å². The van der Waals surface area contributed by atoms with Gasteiger partial charge in [-0.15, -0.1) is 0 Å². The van der Waals surface area contributed by atoms with E-state index in [0.717, 1.165) is 24.5 Å². The summed E-state index contributed by atoms with van der Waals surface area (Å²) in [4.78, 5) is 18.9.